The molecule has 1 amide bonds. The predicted molar refractivity (Wildman–Crippen MR) is 89.8 cm³/mol. The summed E-state index contributed by atoms with van der Waals surface area (Å²) in [5, 5.41) is 11.7. The Kier molecular flexibility index (Phi) is 5.68. The molecule has 0 saturated heterocycles. The number of nitrogens with one attached hydrogen (secondary N) is 1. The average Bonchev–Trinajstić information content (AvgIpc) is 2.53. The van der Waals surface area contributed by atoms with Gasteiger partial charge in [-0.25, -0.2) is 4.98 Å². The molecule has 7 heteroatoms. The molecular formula is C17H21N3O4. The molecule has 0 spiro atoms. The Balaban J connectivity index is 2.34. The summed E-state index contributed by atoms with van der Waals surface area (Å²) in [6.07, 6.45) is 1.68. The van der Waals surface area contributed by atoms with Gasteiger partial charge >= 0.3 is 5.97 Å². The maximum atomic E-state index is 12.7. The number of carboxylic acids is 1. The molecule has 1 aromatic heterocycles. The monoisotopic (exact) mass is 331 g/mol. The maximum Gasteiger partial charge on any atom is 0.305 e. The zero-order valence-electron chi connectivity index (χ0n) is 13.7. The third-order valence-electron chi connectivity index (χ3n) is 3.66. The number of rotatable bonds is 7. The molecule has 0 aliphatic heterocycles. The molecule has 1 atom stereocenters. The Morgan fingerprint density at radius 2 is 2.00 bits per heavy atom. The molecule has 0 aliphatic carbocycles. The van der Waals surface area contributed by atoms with E-state index in [-0.39, 0.29) is 30.3 Å². The second kappa shape index (κ2) is 7.72. The quantitative estimate of drug-likeness (QED) is 0.802. The number of aromatic nitrogens is 2. The van der Waals surface area contributed by atoms with E-state index in [1.165, 1.54) is 10.9 Å². The van der Waals surface area contributed by atoms with Crippen LogP contribution in [0.15, 0.2) is 35.4 Å². The van der Waals surface area contributed by atoms with E-state index in [1.54, 1.807) is 24.3 Å². The topological polar surface area (TPSA) is 101 Å². The number of nitrogens with zero attached hydrogens (tertiary/aromatic N) is 2. The van der Waals surface area contributed by atoms with Crippen LogP contribution in [-0.2, 0) is 9.59 Å². The molecule has 2 N–H and O–H groups in total. The largest absolute Gasteiger partial charge is 0.481 e. The van der Waals surface area contributed by atoms with Crippen molar-refractivity contribution in [3.05, 3.63) is 40.9 Å². The van der Waals surface area contributed by atoms with E-state index in [4.69, 9.17) is 5.11 Å². The molecular weight excluding hydrogens is 310 g/mol. The van der Waals surface area contributed by atoms with Crippen LogP contribution in [0.2, 0.25) is 0 Å². The molecule has 2 rings (SSSR count). The molecule has 0 aliphatic rings. The molecule has 1 aromatic carbocycles. The van der Waals surface area contributed by atoms with Crippen LogP contribution in [0.4, 0.5) is 0 Å². The molecule has 24 heavy (non-hydrogen) atoms. The van der Waals surface area contributed by atoms with E-state index in [2.05, 4.69) is 10.3 Å². The standard InChI is InChI=1S/C17H21N3O4/c1-11(2)9-14(16(23)18-8-7-15(21)22)20-10-19-13-6-4-3-5-12(13)17(20)24/h3-6,10-11,14H,7-9H2,1-2H3,(H,18,23)(H,21,22)/t14-/m1/s1. The van der Waals surface area contributed by atoms with E-state index in [0.29, 0.717) is 17.3 Å². The van der Waals surface area contributed by atoms with E-state index in [0.717, 1.165) is 0 Å². The number of para-hydroxylation sites is 1. The van der Waals surface area contributed by atoms with Gasteiger partial charge in [0.25, 0.3) is 5.56 Å². The van der Waals surface area contributed by atoms with Crippen molar-refractivity contribution in [1.29, 1.82) is 0 Å². The third-order valence-corrected chi connectivity index (χ3v) is 3.66. The van der Waals surface area contributed by atoms with Gasteiger partial charge in [0, 0.05) is 6.54 Å². The lowest BCUT2D eigenvalue weighted by Gasteiger charge is -2.21. The van der Waals surface area contributed by atoms with Gasteiger partial charge in [-0.2, -0.15) is 0 Å². The van der Waals surface area contributed by atoms with Gasteiger partial charge in [0.05, 0.1) is 23.7 Å². The second-order valence-corrected chi connectivity index (χ2v) is 6.05. The molecule has 128 valence electrons. The molecule has 0 saturated carbocycles. The Morgan fingerprint density at radius 1 is 1.29 bits per heavy atom. The van der Waals surface area contributed by atoms with Crippen molar-refractivity contribution in [2.45, 2.75) is 32.7 Å². The molecule has 0 radical (unpaired) electrons. The van der Waals surface area contributed by atoms with Crippen LogP contribution in [0.1, 0.15) is 32.7 Å². The highest BCUT2D eigenvalue weighted by Crippen LogP contribution is 2.17. The minimum Gasteiger partial charge on any atom is -0.481 e. The maximum absolute atomic E-state index is 12.7. The van der Waals surface area contributed by atoms with E-state index in [1.807, 2.05) is 13.8 Å². The minimum absolute atomic E-state index is 0.0263. The molecule has 7 nitrogen and oxygen atoms in total. The lowest BCUT2D eigenvalue weighted by atomic mass is 10.0. The lowest BCUT2D eigenvalue weighted by Crippen LogP contribution is -2.38. The Labute approximate surface area is 139 Å². The normalized spacial score (nSPS) is 12.3. The average molecular weight is 331 g/mol. The van der Waals surface area contributed by atoms with Gasteiger partial charge < -0.3 is 10.4 Å². The fraction of sp³-hybridized carbons (Fsp3) is 0.412. The third kappa shape index (κ3) is 4.18. The van der Waals surface area contributed by atoms with Crippen molar-refractivity contribution in [2.24, 2.45) is 5.92 Å². The van der Waals surface area contributed by atoms with Crippen molar-refractivity contribution >= 4 is 22.8 Å². The van der Waals surface area contributed by atoms with E-state index in [9.17, 15) is 14.4 Å². The Morgan fingerprint density at radius 3 is 2.67 bits per heavy atom. The first kappa shape index (κ1) is 17.7. The minimum atomic E-state index is -0.986. The fourth-order valence-electron chi connectivity index (χ4n) is 2.51. The summed E-state index contributed by atoms with van der Waals surface area (Å²) in [7, 11) is 0. The lowest BCUT2D eigenvalue weighted by molar-refractivity contribution is -0.137. The molecule has 0 fully saturated rings. The van der Waals surface area contributed by atoms with Crippen molar-refractivity contribution < 1.29 is 14.7 Å². The fourth-order valence-corrected chi connectivity index (χ4v) is 2.51. The summed E-state index contributed by atoms with van der Waals surface area (Å²) >= 11 is 0. The highest BCUT2D eigenvalue weighted by atomic mass is 16.4. The zero-order chi connectivity index (χ0) is 17.7. The van der Waals surface area contributed by atoms with Crippen LogP contribution in [-0.4, -0.2) is 33.1 Å². The van der Waals surface area contributed by atoms with Crippen LogP contribution < -0.4 is 10.9 Å². The van der Waals surface area contributed by atoms with Crippen LogP contribution >= 0.6 is 0 Å². The number of carbonyl (C=O) groups is 2. The van der Waals surface area contributed by atoms with E-state index >= 15 is 0 Å². The Hall–Kier alpha value is -2.70. The number of carboxylic acid groups (broad SMARTS) is 1. The van der Waals surface area contributed by atoms with Crippen LogP contribution in [0.5, 0.6) is 0 Å². The van der Waals surface area contributed by atoms with Crippen molar-refractivity contribution in [3.63, 3.8) is 0 Å². The summed E-state index contributed by atoms with van der Waals surface area (Å²) in [5.41, 5.74) is 0.299. The summed E-state index contributed by atoms with van der Waals surface area (Å²) in [6, 6.07) is 6.24. The summed E-state index contributed by atoms with van der Waals surface area (Å²) < 4.78 is 1.33. The number of hydrogen-bond donors (Lipinski definition) is 2. The number of fused-ring (bicyclic) bond motifs is 1. The highest BCUT2D eigenvalue weighted by molar-refractivity contribution is 5.82. The smallest absolute Gasteiger partial charge is 0.305 e. The highest BCUT2D eigenvalue weighted by Gasteiger charge is 2.23. The molecule has 0 bridgehead atoms. The first-order valence-electron chi connectivity index (χ1n) is 7.85. The SMILES string of the molecule is CC(C)C[C@H](C(=O)NCCC(=O)O)n1cnc2ccccc2c1=O. The zero-order valence-corrected chi connectivity index (χ0v) is 13.7. The second-order valence-electron chi connectivity index (χ2n) is 6.05. The summed E-state index contributed by atoms with van der Waals surface area (Å²) in [6.45, 7) is 3.94. The molecule has 0 unspecified atom stereocenters. The number of hydrogen-bond acceptors (Lipinski definition) is 4. The van der Waals surface area contributed by atoms with Gasteiger partial charge in [0.1, 0.15) is 6.04 Å². The van der Waals surface area contributed by atoms with Gasteiger partial charge in [0.15, 0.2) is 0 Å². The van der Waals surface area contributed by atoms with Gasteiger partial charge in [-0.05, 0) is 24.5 Å². The van der Waals surface area contributed by atoms with Gasteiger partial charge in [-0.3, -0.25) is 19.0 Å². The van der Waals surface area contributed by atoms with Crippen molar-refractivity contribution in [1.82, 2.24) is 14.9 Å². The van der Waals surface area contributed by atoms with Gasteiger partial charge in [-0.15, -0.1) is 0 Å². The molecule has 1 heterocycles. The van der Waals surface area contributed by atoms with Gasteiger partial charge in [0.2, 0.25) is 5.91 Å². The number of carbonyl (C=O) groups excluding carboxylic acids is 1. The van der Waals surface area contributed by atoms with E-state index < -0.39 is 12.0 Å². The van der Waals surface area contributed by atoms with Crippen LogP contribution in [0.25, 0.3) is 10.9 Å². The van der Waals surface area contributed by atoms with Crippen LogP contribution in [0, 0.1) is 5.92 Å². The van der Waals surface area contributed by atoms with Crippen LogP contribution in [0.3, 0.4) is 0 Å². The summed E-state index contributed by atoms with van der Waals surface area (Å²) in [4.78, 5) is 40.0. The number of benzene rings is 1. The van der Waals surface area contributed by atoms with Crippen molar-refractivity contribution in [3.8, 4) is 0 Å². The number of amides is 1. The first-order valence-corrected chi connectivity index (χ1v) is 7.85. The predicted octanol–water partition coefficient (Wildman–Crippen LogP) is 1.57. The number of aliphatic carboxylic acids is 1. The molecule has 2 aromatic rings. The summed E-state index contributed by atoms with van der Waals surface area (Å²) in [5.74, 6) is -1.18. The Bertz CT molecular complexity index is 798. The first-order chi connectivity index (χ1) is 11.4. The van der Waals surface area contributed by atoms with Crippen molar-refractivity contribution in [2.75, 3.05) is 6.54 Å². The van der Waals surface area contributed by atoms with Gasteiger partial charge in [-0.1, -0.05) is 26.0 Å².